The molecular formula is C21H20ClN3O2. The number of benzene rings is 2. The Morgan fingerprint density at radius 3 is 2.56 bits per heavy atom. The van der Waals surface area contributed by atoms with Crippen molar-refractivity contribution in [1.29, 1.82) is 0 Å². The molecular weight excluding hydrogens is 362 g/mol. The molecule has 0 unspecified atom stereocenters. The minimum absolute atomic E-state index is 0.113. The van der Waals surface area contributed by atoms with Gasteiger partial charge in [-0.25, -0.2) is 4.98 Å². The van der Waals surface area contributed by atoms with Gasteiger partial charge in [-0.1, -0.05) is 35.9 Å². The number of anilines is 1. The summed E-state index contributed by atoms with van der Waals surface area (Å²) in [5, 5.41) is 0.540. The molecule has 1 amide bonds. The van der Waals surface area contributed by atoms with Crippen LogP contribution >= 0.6 is 11.6 Å². The topological polar surface area (TPSA) is 55.2 Å². The van der Waals surface area contributed by atoms with Gasteiger partial charge < -0.3 is 4.90 Å². The fourth-order valence-electron chi connectivity index (χ4n) is 2.84. The lowest BCUT2D eigenvalue weighted by Crippen LogP contribution is -2.35. The average molecular weight is 382 g/mol. The number of halogens is 1. The highest BCUT2D eigenvalue weighted by Crippen LogP contribution is 2.21. The molecule has 0 saturated heterocycles. The van der Waals surface area contributed by atoms with Crippen LogP contribution in [-0.2, 0) is 11.3 Å². The Kier molecular flexibility index (Phi) is 5.42. The van der Waals surface area contributed by atoms with Crippen LogP contribution in [0.1, 0.15) is 11.3 Å². The smallest absolute Gasteiger partial charge is 0.254 e. The third-order valence-corrected chi connectivity index (χ3v) is 4.51. The van der Waals surface area contributed by atoms with E-state index in [2.05, 4.69) is 4.98 Å². The van der Waals surface area contributed by atoms with Crippen molar-refractivity contribution in [2.45, 2.75) is 20.4 Å². The summed E-state index contributed by atoms with van der Waals surface area (Å²) < 4.78 is 1.38. The SMILES string of the molecule is Cc1cccc(N(C)C(=O)Cn2c(-c3cccc(Cl)c3)nc(C)cc2=O)c1. The maximum atomic E-state index is 12.8. The van der Waals surface area contributed by atoms with Gasteiger partial charge in [0.15, 0.2) is 0 Å². The minimum Gasteiger partial charge on any atom is -0.314 e. The molecule has 3 aromatic rings. The largest absolute Gasteiger partial charge is 0.314 e. The predicted molar refractivity (Wildman–Crippen MR) is 108 cm³/mol. The highest BCUT2D eigenvalue weighted by molar-refractivity contribution is 6.30. The van der Waals surface area contributed by atoms with Crippen LogP contribution in [0, 0.1) is 13.8 Å². The summed E-state index contributed by atoms with van der Waals surface area (Å²) in [6, 6.07) is 16.2. The number of hydrogen-bond donors (Lipinski definition) is 0. The first kappa shape index (κ1) is 18.9. The molecule has 6 heteroatoms. The maximum Gasteiger partial charge on any atom is 0.254 e. The third-order valence-electron chi connectivity index (χ3n) is 4.28. The van der Waals surface area contributed by atoms with E-state index in [0.717, 1.165) is 11.3 Å². The number of aromatic nitrogens is 2. The molecule has 0 aliphatic rings. The van der Waals surface area contributed by atoms with E-state index >= 15 is 0 Å². The van der Waals surface area contributed by atoms with E-state index in [4.69, 9.17) is 11.6 Å². The van der Waals surface area contributed by atoms with Crippen LogP contribution in [0.3, 0.4) is 0 Å². The summed E-state index contributed by atoms with van der Waals surface area (Å²) in [7, 11) is 1.70. The van der Waals surface area contributed by atoms with E-state index < -0.39 is 0 Å². The standard InChI is InChI=1S/C21H20ClN3O2/c1-14-6-4-9-18(10-14)24(3)20(27)13-25-19(26)11-15(2)23-21(25)16-7-5-8-17(22)12-16/h4-12H,13H2,1-3H3. The van der Waals surface area contributed by atoms with Crippen LogP contribution in [0.5, 0.6) is 0 Å². The van der Waals surface area contributed by atoms with Crippen molar-refractivity contribution in [3.63, 3.8) is 0 Å². The number of likely N-dealkylation sites (N-methyl/N-ethyl adjacent to an activating group) is 1. The van der Waals surface area contributed by atoms with Crippen molar-refractivity contribution >= 4 is 23.2 Å². The van der Waals surface area contributed by atoms with Gasteiger partial charge >= 0.3 is 0 Å². The Bertz CT molecular complexity index is 1060. The van der Waals surface area contributed by atoms with Crippen molar-refractivity contribution in [3.8, 4) is 11.4 Å². The zero-order chi connectivity index (χ0) is 19.6. The van der Waals surface area contributed by atoms with Gasteiger partial charge in [0, 0.05) is 35.1 Å². The molecule has 0 bridgehead atoms. The Hall–Kier alpha value is -2.92. The first-order valence-corrected chi connectivity index (χ1v) is 8.90. The molecule has 0 N–H and O–H groups in total. The second-order valence-corrected chi connectivity index (χ2v) is 6.88. The Labute approximate surface area is 162 Å². The molecule has 0 aliphatic carbocycles. The molecule has 5 nitrogen and oxygen atoms in total. The summed E-state index contributed by atoms with van der Waals surface area (Å²) in [6.45, 7) is 3.60. The second kappa shape index (κ2) is 7.76. The van der Waals surface area contributed by atoms with Gasteiger partial charge in [-0.2, -0.15) is 0 Å². The molecule has 0 atom stereocenters. The number of aryl methyl sites for hydroxylation is 2. The van der Waals surface area contributed by atoms with Crippen LogP contribution in [0.2, 0.25) is 5.02 Å². The lowest BCUT2D eigenvalue weighted by Gasteiger charge is -2.20. The van der Waals surface area contributed by atoms with Crippen molar-refractivity contribution in [2.24, 2.45) is 0 Å². The van der Waals surface area contributed by atoms with Crippen molar-refractivity contribution in [3.05, 3.63) is 81.2 Å². The highest BCUT2D eigenvalue weighted by Gasteiger charge is 2.17. The van der Waals surface area contributed by atoms with Gasteiger partial charge in [0.1, 0.15) is 12.4 Å². The van der Waals surface area contributed by atoms with E-state index in [9.17, 15) is 9.59 Å². The van der Waals surface area contributed by atoms with Crippen LogP contribution in [-0.4, -0.2) is 22.5 Å². The molecule has 0 aliphatic heterocycles. The first-order valence-electron chi connectivity index (χ1n) is 8.53. The molecule has 1 aromatic heterocycles. The number of carbonyl (C=O) groups excluding carboxylic acids is 1. The van der Waals surface area contributed by atoms with E-state index in [1.807, 2.05) is 37.3 Å². The molecule has 0 fully saturated rings. The summed E-state index contributed by atoms with van der Waals surface area (Å²) in [5.74, 6) is 0.213. The summed E-state index contributed by atoms with van der Waals surface area (Å²) >= 11 is 6.09. The molecule has 3 rings (SSSR count). The number of nitrogens with zero attached hydrogens (tertiary/aromatic N) is 3. The molecule has 2 aromatic carbocycles. The van der Waals surface area contributed by atoms with Crippen LogP contribution < -0.4 is 10.5 Å². The fraction of sp³-hybridized carbons (Fsp3) is 0.190. The first-order chi connectivity index (χ1) is 12.8. The van der Waals surface area contributed by atoms with Gasteiger partial charge in [-0.3, -0.25) is 14.2 Å². The van der Waals surface area contributed by atoms with Crippen LogP contribution in [0.25, 0.3) is 11.4 Å². The quantitative estimate of drug-likeness (QED) is 0.689. The maximum absolute atomic E-state index is 12.8. The zero-order valence-electron chi connectivity index (χ0n) is 15.4. The zero-order valence-corrected chi connectivity index (χ0v) is 16.2. The summed E-state index contributed by atoms with van der Waals surface area (Å²) in [4.78, 5) is 31.4. The third kappa shape index (κ3) is 4.26. The normalized spacial score (nSPS) is 10.7. The van der Waals surface area contributed by atoms with E-state index in [-0.39, 0.29) is 18.0 Å². The summed E-state index contributed by atoms with van der Waals surface area (Å²) in [6.07, 6.45) is 0. The molecule has 138 valence electrons. The molecule has 27 heavy (non-hydrogen) atoms. The van der Waals surface area contributed by atoms with Gasteiger partial charge in [-0.15, -0.1) is 0 Å². The van der Waals surface area contributed by atoms with Crippen LogP contribution in [0.4, 0.5) is 5.69 Å². The molecule has 0 radical (unpaired) electrons. The second-order valence-electron chi connectivity index (χ2n) is 6.45. The van der Waals surface area contributed by atoms with Gasteiger partial charge in [0.2, 0.25) is 5.91 Å². The number of rotatable bonds is 4. The molecule has 0 spiro atoms. The van der Waals surface area contributed by atoms with Crippen molar-refractivity contribution in [1.82, 2.24) is 9.55 Å². The average Bonchev–Trinajstić information content (AvgIpc) is 2.63. The summed E-state index contributed by atoms with van der Waals surface area (Å²) in [5.41, 5.74) is 2.84. The number of amides is 1. The highest BCUT2D eigenvalue weighted by atomic mass is 35.5. The van der Waals surface area contributed by atoms with Crippen LogP contribution in [0.15, 0.2) is 59.4 Å². The number of hydrogen-bond acceptors (Lipinski definition) is 3. The van der Waals surface area contributed by atoms with Gasteiger partial charge in [0.25, 0.3) is 5.56 Å². The fourth-order valence-corrected chi connectivity index (χ4v) is 3.03. The van der Waals surface area contributed by atoms with Crippen molar-refractivity contribution < 1.29 is 4.79 Å². The van der Waals surface area contributed by atoms with E-state index in [0.29, 0.717) is 22.1 Å². The molecule has 1 heterocycles. The van der Waals surface area contributed by atoms with Crippen molar-refractivity contribution in [2.75, 3.05) is 11.9 Å². The van der Waals surface area contributed by atoms with Gasteiger partial charge in [0.05, 0.1) is 0 Å². The van der Waals surface area contributed by atoms with Gasteiger partial charge in [-0.05, 0) is 43.7 Å². The lowest BCUT2D eigenvalue weighted by molar-refractivity contribution is -0.118. The number of carbonyl (C=O) groups is 1. The Morgan fingerprint density at radius 2 is 1.85 bits per heavy atom. The van der Waals surface area contributed by atoms with E-state index in [1.54, 1.807) is 37.1 Å². The Morgan fingerprint density at radius 1 is 1.11 bits per heavy atom. The predicted octanol–water partition coefficient (Wildman–Crippen LogP) is 3.84. The molecule has 0 saturated carbocycles. The lowest BCUT2D eigenvalue weighted by atomic mass is 10.2. The van der Waals surface area contributed by atoms with E-state index in [1.165, 1.54) is 10.6 Å². The monoisotopic (exact) mass is 381 g/mol. The Balaban J connectivity index is 1.99. The minimum atomic E-state index is -0.275.